The normalized spacial score (nSPS) is 11.5. The summed E-state index contributed by atoms with van der Waals surface area (Å²) < 4.78 is 27.5. The molecule has 0 aliphatic rings. The van der Waals surface area contributed by atoms with Gasteiger partial charge < -0.3 is 10.3 Å². The zero-order valence-corrected chi connectivity index (χ0v) is 17.7. The number of H-pyrrole nitrogens is 1. The molecule has 0 atom stereocenters. The second-order valence-electron chi connectivity index (χ2n) is 6.55. The summed E-state index contributed by atoms with van der Waals surface area (Å²) in [6.07, 6.45) is 0.694. The second kappa shape index (κ2) is 8.25. The average Bonchev–Trinajstić information content (AvgIpc) is 3.19. The monoisotopic (exact) mass is 441 g/mol. The zero-order chi connectivity index (χ0) is 21.1. The van der Waals surface area contributed by atoms with Crippen LogP contribution in [0.25, 0.3) is 10.9 Å². The van der Waals surface area contributed by atoms with Crippen molar-refractivity contribution in [2.24, 2.45) is 0 Å². The van der Waals surface area contributed by atoms with Crippen LogP contribution in [0.1, 0.15) is 17.5 Å². The fraction of sp³-hybridized carbons (Fsp3) is 0.150. The summed E-state index contributed by atoms with van der Waals surface area (Å²) in [5.41, 5.74) is 1.92. The quantitative estimate of drug-likeness (QED) is 0.405. The molecule has 10 heteroatoms. The Hall–Kier alpha value is -3.24. The van der Waals surface area contributed by atoms with Crippen LogP contribution in [0.3, 0.4) is 0 Å². The number of aromatic amines is 1. The molecule has 30 heavy (non-hydrogen) atoms. The van der Waals surface area contributed by atoms with Crippen molar-refractivity contribution in [3.63, 3.8) is 0 Å². The number of hydrogen-bond acceptors (Lipinski definition) is 7. The first-order chi connectivity index (χ1) is 14.4. The van der Waals surface area contributed by atoms with E-state index in [2.05, 4.69) is 25.2 Å². The fourth-order valence-electron chi connectivity index (χ4n) is 2.88. The van der Waals surface area contributed by atoms with E-state index in [0.29, 0.717) is 24.2 Å². The molecular formula is C20H19N5O3S2. The third-order valence-electron chi connectivity index (χ3n) is 4.47. The van der Waals surface area contributed by atoms with Gasteiger partial charge in [-0.25, -0.2) is 8.42 Å². The molecule has 0 spiro atoms. The number of hydrogen-bond donors (Lipinski definition) is 3. The van der Waals surface area contributed by atoms with Crippen LogP contribution >= 0.6 is 11.3 Å². The van der Waals surface area contributed by atoms with Crippen molar-refractivity contribution in [2.45, 2.75) is 24.8 Å². The van der Waals surface area contributed by atoms with Crippen LogP contribution in [-0.2, 0) is 23.0 Å². The Balaban J connectivity index is 1.46. The van der Waals surface area contributed by atoms with Crippen molar-refractivity contribution in [1.82, 2.24) is 15.2 Å². The van der Waals surface area contributed by atoms with E-state index >= 15 is 0 Å². The first kappa shape index (κ1) is 20.0. The van der Waals surface area contributed by atoms with Gasteiger partial charge in [0.05, 0.1) is 4.90 Å². The minimum Gasteiger partial charge on any atom is -0.381 e. The minimum absolute atomic E-state index is 0.116. The van der Waals surface area contributed by atoms with Crippen molar-refractivity contribution in [3.05, 3.63) is 75.5 Å². The van der Waals surface area contributed by atoms with Gasteiger partial charge in [-0.2, -0.15) is 0 Å². The number of nitrogens with zero attached hydrogens (tertiary/aromatic N) is 2. The van der Waals surface area contributed by atoms with E-state index < -0.39 is 10.0 Å². The number of anilines is 2. The number of sulfonamides is 1. The van der Waals surface area contributed by atoms with Crippen LogP contribution in [0, 0.1) is 0 Å². The van der Waals surface area contributed by atoms with Gasteiger partial charge in [0.2, 0.25) is 5.13 Å². The number of nitrogens with one attached hydrogen (secondary N) is 3. The number of fused-ring (bicyclic) bond motifs is 1. The number of pyridine rings is 1. The molecule has 154 valence electrons. The first-order valence-corrected chi connectivity index (χ1v) is 11.5. The van der Waals surface area contributed by atoms with Crippen molar-refractivity contribution < 1.29 is 8.42 Å². The maximum Gasteiger partial charge on any atom is 0.263 e. The van der Waals surface area contributed by atoms with E-state index in [1.807, 2.05) is 37.3 Å². The standard InChI is InChI=1S/C20H19N5O3S2/c1-2-18-23-24-20(29-18)25-30(27,28)16-9-7-15(8-10-16)21-12-14-11-13-5-3-4-6-17(13)22-19(14)26/h3-11,21H,2,12H2,1H3,(H,22,26)(H,24,25). The summed E-state index contributed by atoms with van der Waals surface area (Å²) in [7, 11) is -3.75. The van der Waals surface area contributed by atoms with Crippen LogP contribution < -0.4 is 15.6 Å². The SMILES string of the molecule is CCc1nnc(NS(=O)(=O)c2ccc(NCc3cc4ccccc4[nH]c3=O)cc2)s1. The van der Waals surface area contributed by atoms with Gasteiger partial charge in [0.1, 0.15) is 5.01 Å². The van der Waals surface area contributed by atoms with E-state index in [1.54, 1.807) is 12.1 Å². The van der Waals surface area contributed by atoms with Gasteiger partial charge >= 0.3 is 0 Å². The Morgan fingerprint density at radius 1 is 1.07 bits per heavy atom. The number of aromatic nitrogens is 3. The Kier molecular flexibility index (Phi) is 5.51. The third kappa shape index (κ3) is 4.34. The van der Waals surface area contributed by atoms with Crippen LogP contribution in [0.4, 0.5) is 10.8 Å². The highest BCUT2D eigenvalue weighted by Crippen LogP contribution is 2.21. The topological polar surface area (TPSA) is 117 Å². The molecule has 0 radical (unpaired) electrons. The van der Waals surface area contributed by atoms with Crippen LogP contribution in [0.5, 0.6) is 0 Å². The highest BCUT2D eigenvalue weighted by molar-refractivity contribution is 7.93. The molecule has 0 bridgehead atoms. The molecule has 0 fully saturated rings. The van der Waals surface area contributed by atoms with Crippen LogP contribution in [-0.4, -0.2) is 23.6 Å². The third-order valence-corrected chi connectivity index (χ3v) is 6.94. The molecule has 0 aliphatic carbocycles. The highest BCUT2D eigenvalue weighted by Gasteiger charge is 2.16. The van der Waals surface area contributed by atoms with Gasteiger partial charge in [0, 0.05) is 23.3 Å². The molecule has 8 nitrogen and oxygen atoms in total. The molecule has 2 aromatic carbocycles. The summed E-state index contributed by atoms with van der Waals surface area (Å²) in [4.78, 5) is 15.2. The first-order valence-electron chi connectivity index (χ1n) is 9.25. The Morgan fingerprint density at radius 2 is 1.83 bits per heavy atom. The molecule has 2 heterocycles. The molecule has 0 aliphatic heterocycles. The van der Waals surface area contributed by atoms with Crippen molar-refractivity contribution >= 4 is 43.1 Å². The summed E-state index contributed by atoms with van der Waals surface area (Å²) >= 11 is 1.21. The maximum absolute atomic E-state index is 12.5. The Morgan fingerprint density at radius 3 is 2.57 bits per heavy atom. The van der Waals surface area contributed by atoms with E-state index in [1.165, 1.54) is 23.5 Å². The van der Waals surface area contributed by atoms with Gasteiger partial charge in [-0.05, 0) is 48.2 Å². The van der Waals surface area contributed by atoms with Gasteiger partial charge in [-0.15, -0.1) is 10.2 Å². The highest BCUT2D eigenvalue weighted by atomic mass is 32.2. The molecular weight excluding hydrogens is 422 g/mol. The van der Waals surface area contributed by atoms with Crippen molar-refractivity contribution in [1.29, 1.82) is 0 Å². The maximum atomic E-state index is 12.5. The lowest BCUT2D eigenvalue weighted by Crippen LogP contribution is -2.16. The molecule has 0 unspecified atom stereocenters. The molecule has 0 saturated heterocycles. The predicted octanol–water partition coefficient (Wildman–Crippen LogP) is 3.35. The molecule has 0 saturated carbocycles. The number of aryl methyl sites for hydroxylation is 1. The van der Waals surface area contributed by atoms with Crippen molar-refractivity contribution in [3.8, 4) is 0 Å². The summed E-state index contributed by atoms with van der Waals surface area (Å²) in [5.74, 6) is 0. The molecule has 4 aromatic rings. The fourth-order valence-corrected chi connectivity index (χ4v) is 4.79. The second-order valence-corrected chi connectivity index (χ2v) is 9.29. The average molecular weight is 442 g/mol. The lowest BCUT2D eigenvalue weighted by Gasteiger charge is -2.09. The largest absolute Gasteiger partial charge is 0.381 e. The molecule has 3 N–H and O–H groups in total. The van der Waals surface area contributed by atoms with E-state index in [0.717, 1.165) is 15.9 Å². The van der Waals surface area contributed by atoms with Crippen molar-refractivity contribution in [2.75, 3.05) is 10.0 Å². The lowest BCUT2D eigenvalue weighted by atomic mass is 10.1. The lowest BCUT2D eigenvalue weighted by molar-refractivity contribution is 0.601. The van der Waals surface area contributed by atoms with Gasteiger partial charge in [-0.3, -0.25) is 9.52 Å². The minimum atomic E-state index is -3.75. The number of benzene rings is 2. The Bertz CT molecular complexity index is 1340. The van der Waals surface area contributed by atoms with Gasteiger partial charge in [0.25, 0.3) is 15.6 Å². The van der Waals surface area contributed by atoms with Gasteiger partial charge in [0.15, 0.2) is 0 Å². The smallest absolute Gasteiger partial charge is 0.263 e. The van der Waals surface area contributed by atoms with E-state index in [4.69, 9.17) is 0 Å². The Labute approximate surface area is 177 Å². The van der Waals surface area contributed by atoms with E-state index in [-0.39, 0.29) is 15.6 Å². The van der Waals surface area contributed by atoms with Crippen LogP contribution in [0.15, 0.2) is 64.3 Å². The van der Waals surface area contributed by atoms with Gasteiger partial charge in [-0.1, -0.05) is 36.5 Å². The summed E-state index contributed by atoms with van der Waals surface area (Å²) in [5, 5.41) is 12.8. The number of para-hydroxylation sites is 1. The van der Waals surface area contributed by atoms with Crippen LogP contribution in [0.2, 0.25) is 0 Å². The molecule has 4 rings (SSSR count). The molecule has 2 aromatic heterocycles. The molecule has 0 amide bonds. The summed E-state index contributed by atoms with van der Waals surface area (Å²) in [6.45, 7) is 2.24. The van der Waals surface area contributed by atoms with E-state index in [9.17, 15) is 13.2 Å². The number of rotatable bonds is 7. The predicted molar refractivity (Wildman–Crippen MR) is 118 cm³/mol. The summed E-state index contributed by atoms with van der Waals surface area (Å²) in [6, 6.07) is 15.7. The zero-order valence-electron chi connectivity index (χ0n) is 16.0.